The molecule has 5 aliphatic carbocycles. The van der Waals surface area contributed by atoms with Crippen molar-refractivity contribution in [2.75, 3.05) is 6.61 Å². The molecule has 2 heterocycles. The van der Waals surface area contributed by atoms with Gasteiger partial charge in [0.05, 0.1) is 24.2 Å². The standard InChI is InChI=1S/C41H66O11/c1-21-28(43)30(45)31(46)33(50-21)52-32-29(44)24(42)20-49-34(32)51-27-12-13-38(6)25(37(27,4)5)11-14-40(8)26(38)10-9-22-23-19-36(2,3)15-17-41(23,35(47)48)18-16-39(22,40)7/h9,21,23-34,42-46H,10-20H2,1-8H3,(H,47,48)/t21-,23?,24-,25?,26?,27?,28+,29-,30-,31-,32-,33+,34+,38?,39?,40?,41?/m1/s1. The molecule has 7 aliphatic rings. The minimum Gasteiger partial charge on any atom is -0.481 e. The van der Waals surface area contributed by atoms with Crippen LogP contribution in [0.4, 0.5) is 0 Å². The fraction of sp³-hybridized carbons (Fsp3) is 0.927. The summed E-state index contributed by atoms with van der Waals surface area (Å²) < 4.78 is 24.5. The van der Waals surface area contributed by atoms with Gasteiger partial charge in [0.2, 0.25) is 0 Å². The number of rotatable bonds is 5. The zero-order valence-corrected chi connectivity index (χ0v) is 32.6. The van der Waals surface area contributed by atoms with Gasteiger partial charge in [-0.05, 0) is 116 Å². The Morgan fingerprint density at radius 3 is 2.17 bits per heavy atom. The third-order valence-electron chi connectivity index (χ3n) is 16.8. The Balaban J connectivity index is 1.13. The molecule has 296 valence electrons. The Labute approximate surface area is 309 Å². The van der Waals surface area contributed by atoms with Crippen LogP contribution in [0.15, 0.2) is 11.6 Å². The number of carboxylic acids is 1. The van der Waals surface area contributed by atoms with Crippen LogP contribution in [0.1, 0.15) is 120 Å². The predicted molar refractivity (Wildman–Crippen MR) is 191 cm³/mol. The van der Waals surface area contributed by atoms with Gasteiger partial charge in [0.15, 0.2) is 12.6 Å². The Hall–Kier alpha value is -1.15. The molecule has 2 saturated heterocycles. The molecule has 11 nitrogen and oxygen atoms in total. The van der Waals surface area contributed by atoms with Crippen molar-refractivity contribution in [2.45, 2.75) is 181 Å². The Bertz CT molecular complexity index is 1410. The largest absolute Gasteiger partial charge is 0.481 e. The number of ether oxygens (including phenoxy) is 4. The second-order valence-electron chi connectivity index (χ2n) is 20.2. The summed E-state index contributed by atoms with van der Waals surface area (Å²) in [6, 6.07) is 0. The van der Waals surface area contributed by atoms with Crippen LogP contribution in [0.3, 0.4) is 0 Å². The van der Waals surface area contributed by atoms with Crippen molar-refractivity contribution < 1.29 is 54.4 Å². The highest BCUT2D eigenvalue weighted by Gasteiger charge is 2.69. The summed E-state index contributed by atoms with van der Waals surface area (Å²) in [6.45, 7) is 18.1. The van der Waals surface area contributed by atoms with Gasteiger partial charge in [0.25, 0.3) is 0 Å². The predicted octanol–water partition coefficient (Wildman–Crippen LogP) is 4.55. The number of aliphatic hydroxyl groups excluding tert-OH is 5. The fourth-order valence-corrected chi connectivity index (χ4v) is 13.3. The molecular weight excluding hydrogens is 668 g/mol. The van der Waals surface area contributed by atoms with E-state index in [1.165, 1.54) is 5.57 Å². The van der Waals surface area contributed by atoms with E-state index >= 15 is 0 Å². The van der Waals surface area contributed by atoms with Gasteiger partial charge >= 0.3 is 5.97 Å². The van der Waals surface area contributed by atoms with Crippen molar-refractivity contribution in [3.8, 4) is 0 Å². The zero-order chi connectivity index (χ0) is 38.0. The summed E-state index contributed by atoms with van der Waals surface area (Å²) >= 11 is 0. The zero-order valence-electron chi connectivity index (χ0n) is 32.6. The molecule has 0 amide bonds. The van der Waals surface area contributed by atoms with Crippen molar-refractivity contribution in [3.05, 3.63) is 11.6 Å². The summed E-state index contributed by atoms with van der Waals surface area (Å²) in [5.41, 5.74) is 0.579. The van der Waals surface area contributed by atoms with Gasteiger partial charge in [0.1, 0.15) is 36.6 Å². The van der Waals surface area contributed by atoms with Gasteiger partial charge in [0, 0.05) is 0 Å². The van der Waals surface area contributed by atoms with Crippen LogP contribution < -0.4 is 0 Å². The summed E-state index contributed by atoms with van der Waals surface area (Å²) in [5, 5.41) is 63.6. The summed E-state index contributed by atoms with van der Waals surface area (Å²) in [7, 11) is 0. The van der Waals surface area contributed by atoms with Gasteiger partial charge in [-0.15, -0.1) is 0 Å². The van der Waals surface area contributed by atoms with E-state index in [1.807, 2.05) is 0 Å². The van der Waals surface area contributed by atoms with Crippen molar-refractivity contribution in [3.63, 3.8) is 0 Å². The first-order chi connectivity index (χ1) is 24.1. The van der Waals surface area contributed by atoms with Gasteiger partial charge in [-0.3, -0.25) is 4.79 Å². The average Bonchev–Trinajstić information content (AvgIpc) is 3.06. The quantitative estimate of drug-likeness (QED) is 0.173. The first kappa shape index (κ1) is 39.1. The molecule has 0 spiro atoms. The van der Waals surface area contributed by atoms with Crippen LogP contribution in [-0.4, -0.2) is 105 Å². The molecule has 17 atom stereocenters. The molecule has 0 radical (unpaired) electrons. The number of fused-ring (bicyclic) bond motifs is 7. The maximum Gasteiger partial charge on any atom is 0.310 e. The van der Waals surface area contributed by atoms with Gasteiger partial charge in [-0.25, -0.2) is 0 Å². The van der Waals surface area contributed by atoms with Crippen LogP contribution in [0, 0.1) is 50.2 Å². The number of aliphatic hydroxyl groups is 5. The minimum atomic E-state index is -1.58. The van der Waals surface area contributed by atoms with E-state index in [1.54, 1.807) is 6.92 Å². The number of hydrogen-bond donors (Lipinski definition) is 6. The third-order valence-corrected chi connectivity index (χ3v) is 16.8. The van der Waals surface area contributed by atoms with Crippen LogP contribution in [0.25, 0.3) is 0 Å². The van der Waals surface area contributed by atoms with Crippen LogP contribution in [0.5, 0.6) is 0 Å². The maximum absolute atomic E-state index is 13.0. The van der Waals surface area contributed by atoms with Gasteiger partial charge in [-0.1, -0.05) is 60.1 Å². The molecule has 2 aliphatic heterocycles. The highest BCUT2D eigenvalue weighted by atomic mass is 16.8. The Morgan fingerprint density at radius 1 is 0.788 bits per heavy atom. The van der Waals surface area contributed by atoms with Crippen LogP contribution in [0.2, 0.25) is 0 Å². The smallest absolute Gasteiger partial charge is 0.310 e. The molecule has 0 aromatic rings. The summed E-state index contributed by atoms with van der Waals surface area (Å²) in [5.74, 6) is 0.219. The monoisotopic (exact) mass is 734 g/mol. The van der Waals surface area contributed by atoms with E-state index in [0.29, 0.717) is 11.8 Å². The van der Waals surface area contributed by atoms with E-state index in [4.69, 9.17) is 18.9 Å². The van der Waals surface area contributed by atoms with E-state index < -0.39 is 66.7 Å². The van der Waals surface area contributed by atoms with E-state index in [9.17, 15) is 35.4 Å². The van der Waals surface area contributed by atoms with E-state index in [2.05, 4.69) is 54.5 Å². The molecule has 4 saturated carbocycles. The SMILES string of the molecule is C[C@H]1O[C@@H](O[C@H]2[C@H](OC3CCC4(C)C(CCC5(C)C4CC=C4C6CC(C)(C)CCC6(C(=O)O)CCC45C)C3(C)C)OC[C@@H](O)[C@H]2O)[C@H](O)[C@H](O)[C@H]1O. The molecule has 11 heteroatoms. The Kier molecular flexibility index (Phi) is 9.74. The van der Waals surface area contributed by atoms with Gasteiger partial charge < -0.3 is 49.6 Å². The molecule has 7 rings (SSSR count). The summed E-state index contributed by atoms with van der Waals surface area (Å²) in [4.78, 5) is 13.0. The van der Waals surface area contributed by atoms with Crippen molar-refractivity contribution in [1.82, 2.24) is 0 Å². The lowest BCUT2D eigenvalue weighted by atomic mass is 9.33. The first-order valence-electron chi connectivity index (χ1n) is 20.1. The number of hydrogen-bond acceptors (Lipinski definition) is 10. The molecule has 0 bridgehead atoms. The Morgan fingerprint density at radius 2 is 1.48 bits per heavy atom. The number of allylic oxidation sites excluding steroid dienone is 2. The fourth-order valence-electron chi connectivity index (χ4n) is 13.3. The lowest BCUT2D eigenvalue weighted by molar-refractivity contribution is -0.364. The van der Waals surface area contributed by atoms with Gasteiger partial charge in [-0.2, -0.15) is 0 Å². The summed E-state index contributed by atoms with van der Waals surface area (Å²) in [6.07, 6.45) is -0.253. The number of carboxylic acid groups (broad SMARTS) is 1. The van der Waals surface area contributed by atoms with Crippen LogP contribution >= 0.6 is 0 Å². The van der Waals surface area contributed by atoms with Crippen LogP contribution in [-0.2, 0) is 23.7 Å². The first-order valence-corrected chi connectivity index (χ1v) is 20.1. The maximum atomic E-state index is 13.0. The lowest BCUT2D eigenvalue weighted by Crippen LogP contribution is -2.66. The minimum absolute atomic E-state index is 0.0146. The highest BCUT2D eigenvalue weighted by molar-refractivity contribution is 5.76. The third kappa shape index (κ3) is 5.64. The van der Waals surface area contributed by atoms with E-state index in [0.717, 1.165) is 64.2 Å². The molecular formula is C41H66O11. The average molecular weight is 735 g/mol. The second-order valence-corrected chi connectivity index (χ2v) is 20.2. The van der Waals surface area contributed by atoms with Crippen molar-refractivity contribution in [2.24, 2.45) is 50.2 Å². The topological polar surface area (TPSA) is 175 Å². The number of carbonyl (C=O) groups is 1. The molecule has 0 aromatic carbocycles. The molecule has 0 aromatic heterocycles. The molecule has 6 N–H and O–H groups in total. The highest BCUT2D eigenvalue weighted by Crippen LogP contribution is 2.76. The molecule has 8 unspecified atom stereocenters. The van der Waals surface area contributed by atoms with E-state index in [-0.39, 0.29) is 45.7 Å². The second kappa shape index (κ2) is 12.9. The number of aliphatic carboxylic acids is 1. The normalized spacial score (nSPS) is 54.1. The van der Waals surface area contributed by atoms with Crippen molar-refractivity contribution >= 4 is 5.97 Å². The molecule has 6 fully saturated rings. The lowest BCUT2D eigenvalue weighted by Gasteiger charge is -2.71. The van der Waals surface area contributed by atoms with Crippen molar-refractivity contribution in [1.29, 1.82) is 0 Å². The molecule has 52 heavy (non-hydrogen) atoms.